The van der Waals surface area contributed by atoms with E-state index in [1.54, 1.807) is 0 Å². The number of hydrogen-bond acceptors (Lipinski definition) is 3. The van der Waals surface area contributed by atoms with Crippen molar-refractivity contribution in [3.05, 3.63) is 11.6 Å². The normalized spacial score (nSPS) is 48.7. The second kappa shape index (κ2) is 6.19. The molecule has 0 aromatic rings. The topological polar surface area (TPSA) is 43.4 Å². The third-order valence-corrected chi connectivity index (χ3v) is 9.77. The first kappa shape index (κ1) is 19.2. The summed E-state index contributed by atoms with van der Waals surface area (Å²) in [6, 6.07) is 0. The summed E-state index contributed by atoms with van der Waals surface area (Å²) in [4.78, 5) is 23.9. The van der Waals surface area contributed by atoms with Gasteiger partial charge in [-0.3, -0.25) is 9.59 Å². The van der Waals surface area contributed by atoms with Gasteiger partial charge in [0.05, 0.1) is 0 Å². The van der Waals surface area contributed by atoms with Crippen LogP contribution in [0.3, 0.4) is 0 Å². The molecule has 0 radical (unpaired) electrons. The van der Waals surface area contributed by atoms with Crippen LogP contribution in [0.2, 0.25) is 0 Å². The quantitative estimate of drug-likeness (QED) is 0.476. The highest BCUT2D eigenvalue weighted by Crippen LogP contribution is 2.69. The van der Waals surface area contributed by atoms with Gasteiger partial charge in [-0.05, 0) is 80.5 Å². The molecule has 0 bridgehead atoms. The molecule has 0 heterocycles. The molecule has 27 heavy (non-hydrogen) atoms. The standard InChI is InChI=1S/C24H36O3/c1-15(25)23(4)12-10-21-19-7-6-17-14-18(27-16(2)26)8-11-22(17,3)20(19)9-13-24(21,23)5/h6,18-21H,7-14H2,1-5H3/t18-,19+,20-,21-,22+,23-,24+/m1/s1. The number of fused-ring (bicyclic) bond motifs is 5. The second-order valence-electron chi connectivity index (χ2n) is 10.6. The van der Waals surface area contributed by atoms with Gasteiger partial charge >= 0.3 is 5.97 Å². The van der Waals surface area contributed by atoms with Crippen LogP contribution in [0.5, 0.6) is 0 Å². The molecule has 0 saturated heterocycles. The summed E-state index contributed by atoms with van der Waals surface area (Å²) >= 11 is 0. The average molecular weight is 373 g/mol. The molecule has 3 nitrogen and oxygen atoms in total. The van der Waals surface area contributed by atoms with E-state index in [2.05, 4.69) is 26.8 Å². The molecule has 3 saturated carbocycles. The average Bonchev–Trinajstić information content (AvgIpc) is 2.87. The van der Waals surface area contributed by atoms with Crippen molar-refractivity contribution in [3.8, 4) is 0 Å². The van der Waals surface area contributed by atoms with Gasteiger partial charge in [-0.2, -0.15) is 0 Å². The van der Waals surface area contributed by atoms with Gasteiger partial charge in [0.15, 0.2) is 0 Å². The summed E-state index contributed by atoms with van der Waals surface area (Å²) in [7, 11) is 0. The molecule has 150 valence electrons. The van der Waals surface area contributed by atoms with Crippen LogP contribution < -0.4 is 0 Å². The number of ketones is 1. The van der Waals surface area contributed by atoms with E-state index in [1.165, 1.54) is 31.8 Å². The number of esters is 1. The Morgan fingerprint density at radius 3 is 2.37 bits per heavy atom. The van der Waals surface area contributed by atoms with Crippen molar-refractivity contribution in [3.63, 3.8) is 0 Å². The van der Waals surface area contributed by atoms with Crippen molar-refractivity contribution in [2.45, 2.75) is 92.1 Å². The Morgan fingerprint density at radius 1 is 1.00 bits per heavy atom. The lowest BCUT2D eigenvalue weighted by atomic mass is 9.45. The lowest BCUT2D eigenvalue weighted by Crippen LogP contribution is -2.53. The number of ether oxygens (including phenoxy) is 1. The molecule has 0 amide bonds. The van der Waals surface area contributed by atoms with Gasteiger partial charge in [0.25, 0.3) is 0 Å². The minimum atomic E-state index is -0.152. The number of carbonyl (C=O) groups excluding carboxylic acids is 2. The van der Waals surface area contributed by atoms with E-state index in [9.17, 15) is 9.59 Å². The van der Waals surface area contributed by atoms with Crippen LogP contribution in [0, 0.1) is 34.0 Å². The molecule has 0 spiro atoms. The summed E-state index contributed by atoms with van der Waals surface area (Å²) in [6.45, 7) is 10.5. The van der Waals surface area contributed by atoms with Gasteiger partial charge in [-0.15, -0.1) is 0 Å². The fourth-order valence-corrected chi connectivity index (χ4v) is 7.81. The van der Waals surface area contributed by atoms with E-state index in [-0.39, 0.29) is 28.3 Å². The van der Waals surface area contributed by atoms with Crippen molar-refractivity contribution < 1.29 is 14.3 Å². The lowest BCUT2D eigenvalue weighted by molar-refractivity contribution is -0.149. The van der Waals surface area contributed by atoms with Crippen molar-refractivity contribution >= 4 is 11.8 Å². The van der Waals surface area contributed by atoms with Crippen LogP contribution in [0.25, 0.3) is 0 Å². The first-order valence-electron chi connectivity index (χ1n) is 11.0. The first-order valence-corrected chi connectivity index (χ1v) is 11.0. The zero-order valence-electron chi connectivity index (χ0n) is 17.8. The van der Waals surface area contributed by atoms with Gasteiger partial charge in [0.1, 0.15) is 11.9 Å². The molecule has 0 N–H and O–H groups in total. The third-order valence-electron chi connectivity index (χ3n) is 9.77. The summed E-state index contributed by atoms with van der Waals surface area (Å²) in [5.41, 5.74) is 1.82. The van der Waals surface area contributed by atoms with E-state index in [1.807, 2.05) is 6.92 Å². The van der Waals surface area contributed by atoms with Crippen LogP contribution in [0.4, 0.5) is 0 Å². The zero-order valence-corrected chi connectivity index (χ0v) is 17.8. The van der Waals surface area contributed by atoms with Crippen LogP contribution in [-0.4, -0.2) is 17.9 Å². The van der Waals surface area contributed by atoms with Gasteiger partial charge < -0.3 is 4.74 Å². The van der Waals surface area contributed by atoms with Crippen LogP contribution in [-0.2, 0) is 14.3 Å². The van der Waals surface area contributed by atoms with Gasteiger partial charge in [-0.1, -0.05) is 32.4 Å². The molecule has 4 rings (SSSR count). The molecular weight excluding hydrogens is 336 g/mol. The maximum atomic E-state index is 12.5. The minimum absolute atomic E-state index is 0.0692. The number of rotatable bonds is 2. The Balaban J connectivity index is 1.61. The Kier molecular flexibility index (Phi) is 4.40. The Labute approximate surface area is 164 Å². The van der Waals surface area contributed by atoms with Crippen LogP contribution in [0.15, 0.2) is 11.6 Å². The molecular formula is C24H36O3. The SMILES string of the molecule is CC(=O)O[C@@H]1CC[C@@]2(C)C(=CC[C@H]3[C@H]2CC[C@@]2(C)[C@@H]3CC[C@]2(C)C(C)=O)C1. The van der Waals surface area contributed by atoms with Crippen molar-refractivity contribution in [1.29, 1.82) is 0 Å². The Bertz CT molecular complexity index is 694. The highest BCUT2D eigenvalue weighted by atomic mass is 16.5. The molecule has 0 aromatic heterocycles. The van der Waals surface area contributed by atoms with Crippen molar-refractivity contribution in [1.82, 2.24) is 0 Å². The Hall–Kier alpha value is -1.12. The van der Waals surface area contributed by atoms with Gasteiger partial charge in [0.2, 0.25) is 0 Å². The van der Waals surface area contributed by atoms with Crippen LogP contribution in [0.1, 0.15) is 86.0 Å². The van der Waals surface area contributed by atoms with Crippen molar-refractivity contribution in [2.75, 3.05) is 0 Å². The summed E-state index contributed by atoms with van der Waals surface area (Å²) in [5.74, 6) is 2.35. The summed E-state index contributed by atoms with van der Waals surface area (Å²) in [5, 5.41) is 0. The maximum absolute atomic E-state index is 12.5. The fourth-order valence-electron chi connectivity index (χ4n) is 7.81. The minimum Gasteiger partial charge on any atom is -0.462 e. The molecule has 7 atom stereocenters. The second-order valence-corrected chi connectivity index (χ2v) is 10.6. The van der Waals surface area contributed by atoms with Gasteiger partial charge in [-0.25, -0.2) is 0 Å². The zero-order chi connectivity index (χ0) is 19.6. The molecule has 3 fully saturated rings. The molecule has 0 unspecified atom stereocenters. The number of hydrogen-bond donors (Lipinski definition) is 0. The van der Waals surface area contributed by atoms with E-state index in [4.69, 9.17) is 4.74 Å². The predicted octanol–water partition coefficient (Wildman–Crippen LogP) is 5.48. The monoisotopic (exact) mass is 372 g/mol. The maximum Gasteiger partial charge on any atom is 0.302 e. The summed E-state index contributed by atoms with van der Waals surface area (Å²) in [6.07, 6.45) is 11.5. The molecule has 4 aliphatic carbocycles. The molecule has 0 aromatic carbocycles. The highest BCUT2D eigenvalue weighted by molar-refractivity contribution is 5.83. The largest absolute Gasteiger partial charge is 0.462 e. The summed E-state index contributed by atoms with van der Waals surface area (Å²) < 4.78 is 5.54. The number of Topliss-reactive ketones (excluding diaryl/α,β-unsaturated/α-hetero) is 1. The fraction of sp³-hybridized carbons (Fsp3) is 0.833. The van der Waals surface area contributed by atoms with E-state index >= 15 is 0 Å². The number of allylic oxidation sites excluding steroid dienone is 1. The molecule has 0 aliphatic heterocycles. The van der Waals surface area contributed by atoms with E-state index < -0.39 is 0 Å². The Morgan fingerprint density at radius 2 is 1.70 bits per heavy atom. The first-order chi connectivity index (χ1) is 12.6. The molecule has 4 aliphatic rings. The predicted molar refractivity (Wildman–Crippen MR) is 106 cm³/mol. The van der Waals surface area contributed by atoms with Crippen LogP contribution >= 0.6 is 0 Å². The molecule has 3 heteroatoms. The van der Waals surface area contributed by atoms with Gasteiger partial charge in [0, 0.05) is 18.8 Å². The highest BCUT2D eigenvalue weighted by Gasteiger charge is 2.63. The smallest absolute Gasteiger partial charge is 0.302 e. The van der Waals surface area contributed by atoms with E-state index in [0.29, 0.717) is 17.6 Å². The van der Waals surface area contributed by atoms with E-state index in [0.717, 1.165) is 38.0 Å². The number of carbonyl (C=O) groups is 2. The van der Waals surface area contributed by atoms with Crippen molar-refractivity contribution in [2.24, 2.45) is 34.0 Å². The lowest BCUT2D eigenvalue weighted by Gasteiger charge is -2.59. The third kappa shape index (κ3) is 2.59.